The van der Waals surface area contributed by atoms with Crippen LogP contribution in [-0.4, -0.2) is 30.1 Å². The molecular formula is C23H18ClN5OS2. The van der Waals surface area contributed by atoms with Crippen LogP contribution in [-0.2, 0) is 6.54 Å². The minimum Gasteiger partial charge on any atom is -0.510 e. The SMILES string of the molecule is C=CCn1c(SC(C)/C(O)=C(\C#N)c2nc3ccccc3s2)nnc1-c1ccc(Cl)cc1. The summed E-state index contributed by atoms with van der Waals surface area (Å²) in [5, 5.41) is 30.6. The molecule has 0 radical (unpaired) electrons. The number of thiazole rings is 1. The number of rotatable bonds is 7. The first kappa shape index (κ1) is 22.1. The number of aliphatic hydroxyl groups excluding tert-OH is 1. The number of fused-ring (bicyclic) bond motifs is 1. The minimum absolute atomic E-state index is 0.0437. The zero-order valence-electron chi connectivity index (χ0n) is 17.1. The highest BCUT2D eigenvalue weighted by atomic mass is 35.5. The Bertz CT molecular complexity index is 1320. The van der Waals surface area contributed by atoms with E-state index in [1.165, 1.54) is 23.1 Å². The first-order valence-corrected chi connectivity index (χ1v) is 11.7. The summed E-state index contributed by atoms with van der Waals surface area (Å²) in [5.41, 5.74) is 1.83. The molecule has 0 fully saturated rings. The summed E-state index contributed by atoms with van der Waals surface area (Å²) in [6.07, 6.45) is 1.76. The highest BCUT2D eigenvalue weighted by Crippen LogP contribution is 2.34. The van der Waals surface area contributed by atoms with Crippen LogP contribution in [0.1, 0.15) is 11.9 Å². The predicted molar refractivity (Wildman–Crippen MR) is 131 cm³/mol. The van der Waals surface area contributed by atoms with Crippen molar-refractivity contribution in [2.24, 2.45) is 0 Å². The number of thioether (sulfide) groups is 1. The zero-order valence-corrected chi connectivity index (χ0v) is 19.5. The molecule has 0 bridgehead atoms. The standard InChI is InChI=1S/C23H18ClN5OS2/c1-3-12-29-21(15-8-10-16(24)11-9-15)27-28-23(29)31-14(2)20(30)17(13-25)22-26-18-6-4-5-7-19(18)32-22/h3-11,14,30H,1,12H2,2H3/b20-17-. The number of hydrogen-bond acceptors (Lipinski definition) is 7. The molecule has 0 saturated heterocycles. The molecule has 9 heteroatoms. The van der Waals surface area contributed by atoms with Crippen molar-refractivity contribution in [3.05, 3.63) is 77.0 Å². The van der Waals surface area contributed by atoms with E-state index >= 15 is 0 Å². The van der Waals surface area contributed by atoms with Crippen molar-refractivity contribution in [2.45, 2.75) is 23.9 Å². The van der Waals surface area contributed by atoms with Crippen LogP contribution in [0.2, 0.25) is 5.02 Å². The number of aromatic nitrogens is 4. The summed E-state index contributed by atoms with van der Waals surface area (Å²) in [4.78, 5) is 4.50. The van der Waals surface area contributed by atoms with E-state index in [0.29, 0.717) is 27.6 Å². The summed E-state index contributed by atoms with van der Waals surface area (Å²) < 4.78 is 2.87. The van der Waals surface area contributed by atoms with Crippen molar-refractivity contribution in [3.63, 3.8) is 0 Å². The Kier molecular flexibility index (Phi) is 6.61. The van der Waals surface area contributed by atoms with Gasteiger partial charge in [0.2, 0.25) is 0 Å². The average Bonchev–Trinajstić information content (AvgIpc) is 3.39. The fourth-order valence-electron chi connectivity index (χ4n) is 3.09. The topological polar surface area (TPSA) is 87.6 Å². The number of nitrogens with zero attached hydrogens (tertiary/aromatic N) is 5. The Balaban J connectivity index is 1.66. The van der Waals surface area contributed by atoms with Gasteiger partial charge in [-0.1, -0.05) is 41.6 Å². The van der Waals surface area contributed by atoms with Gasteiger partial charge in [0.05, 0.1) is 15.5 Å². The Morgan fingerprint density at radius 3 is 2.72 bits per heavy atom. The molecular weight excluding hydrogens is 462 g/mol. The van der Waals surface area contributed by atoms with Crippen LogP contribution in [0.4, 0.5) is 0 Å². The lowest BCUT2D eigenvalue weighted by Crippen LogP contribution is -2.07. The van der Waals surface area contributed by atoms with Gasteiger partial charge in [-0.2, -0.15) is 5.26 Å². The fourth-order valence-corrected chi connectivity index (χ4v) is 5.11. The smallest absolute Gasteiger partial charge is 0.192 e. The number of halogens is 1. The second-order valence-corrected chi connectivity index (χ2v) is 9.61. The molecule has 4 aromatic rings. The molecule has 1 unspecified atom stereocenters. The molecule has 1 N–H and O–H groups in total. The average molecular weight is 480 g/mol. The third kappa shape index (κ3) is 4.41. The molecule has 4 rings (SSSR count). The second kappa shape index (κ2) is 9.57. The number of hydrogen-bond donors (Lipinski definition) is 1. The van der Waals surface area contributed by atoms with Crippen LogP contribution in [0.3, 0.4) is 0 Å². The van der Waals surface area contributed by atoms with E-state index in [-0.39, 0.29) is 11.3 Å². The zero-order chi connectivity index (χ0) is 22.7. The fraction of sp³-hybridized carbons (Fsp3) is 0.130. The number of allylic oxidation sites excluding steroid dienone is 2. The van der Waals surface area contributed by atoms with Gasteiger partial charge >= 0.3 is 0 Å². The Labute approximate surface area is 198 Å². The molecule has 160 valence electrons. The third-order valence-corrected chi connectivity index (χ3v) is 7.07. The number of benzene rings is 2. The summed E-state index contributed by atoms with van der Waals surface area (Å²) in [5.74, 6) is 0.629. The van der Waals surface area contributed by atoms with Crippen molar-refractivity contribution in [3.8, 4) is 17.5 Å². The van der Waals surface area contributed by atoms with E-state index in [0.717, 1.165) is 15.8 Å². The van der Waals surface area contributed by atoms with E-state index in [1.54, 1.807) is 18.2 Å². The van der Waals surface area contributed by atoms with Crippen LogP contribution in [0.25, 0.3) is 27.2 Å². The van der Waals surface area contributed by atoms with Gasteiger partial charge in [-0.3, -0.25) is 4.57 Å². The van der Waals surface area contributed by atoms with E-state index < -0.39 is 5.25 Å². The van der Waals surface area contributed by atoms with Crippen molar-refractivity contribution in [2.75, 3.05) is 0 Å². The molecule has 6 nitrogen and oxygen atoms in total. The molecule has 0 aliphatic heterocycles. The summed E-state index contributed by atoms with van der Waals surface area (Å²) in [6, 6.07) is 17.1. The van der Waals surface area contributed by atoms with Crippen LogP contribution in [0, 0.1) is 11.3 Å². The maximum absolute atomic E-state index is 10.9. The Hall–Kier alpha value is -3.12. The van der Waals surface area contributed by atoms with Gasteiger partial charge in [-0.15, -0.1) is 28.1 Å². The van der Waals surface area contributed by atoms with Gasteiger partial charge in [0.25, 0.3) is 0 Å². The highest BCUT2D eigenvalue weighted by Gasteiger charge is 2.22. The Morgan fingerprint density at radius 2 is 2.03 bits per heavy atom. The summed E-state index contributed by atoms with van der Waals surface area (Å²) in [6.45, 7) is 6.14. The predicted octanol–water partition coefficient (Wildman–Crippen LogP) is 6.37. The van der Waals surface area contributed by atoms with Crippen LogP contribution >= 0.6 is 34.7 Å². The van der Waals surface area contributed by atoms with Crippen molar-refractivity contribution < 1.29 is 5.11 Å². The van der Waals surface area contributed by atoms with E-state index in [9.17, 15) is 10.4 Å². The van der Waals surface area contributed by atoms with Crippen LogP contribution in [0.5, 0.6) is 0 Å². The van der Waals surface area contributed by atoms with Crippen molar-refractivity contribution in [1.29, 1.82) is 5.26 Å². The first-order valence-electron chi connectivity index (χ1n) is 9.67. The molecule has 32 heavy (non-hydrogen) atoms. The third-order valence-electron chi connectivity index (χ3n) is 4.67. The summed E-state index contributed by atoms with van der Waals surface area (Å²) in [7, 11) is 0. The van der Waals surface area contributed by atoms with Gasteiger partial charge in [0.15, 0.2) is 11.0 Å². The maximum atomic E-state index is 10.9. The monoisotopic (exact) mass is 479 g/mol. The molecule has 2 aromatic heterocycles. The number of aliphatic hydroxyl groups is 1. The van der Waals surface area contributed by atoms with Crippen LogP contribution < -0.4 is 0 Å². The molecule has 2 heterocycles. The largest absolute Gasteiger partial charge is 0.510 e. The Morgan fingerprint density at radius 1 is 1.28 bits per heavy atom. The summed E-state index contributed by atoms with van der Waals surface area (Å²) >= 11 is 8.70. The highest BCUT2D eigenvalue weighted by molar-refractivity contribution is 7.99. The van der Waals surface area contributed by atoms with E-state index in [1.807, 2.05) is 47.9 Å². The maximum Gasteiger partial charge on any atom is 0.192 e. The van der Waals surface area contributed by atoms with Crippen molar-refractivity contribution in [1.82, 2.24) is 19.7 Å². The molecule has 0 aliphatic carbocycles. The normalized spacial score (nSPS) is 12.9. The quantitative estimate of drug-likeness (QED) is 0.143. The second-order valence-electron chi connectivity index (χ2n) is 6.83. The van der Waals surface area contributed by atoms with Gasteiger partial charge in [0.1, 0.15) is 22.4 Å². The van der Waals surface area contributed by atoms with Gasteiger partial charge in [-0.25, -0.2) is 4.98 Å². The van der Waals surface area contributed by atoms with E-state index in [2.05, 4.69) is 27.8 Å². The molecule has 2 aromatic carbocycles. The lowest BCUT2D eigenvalue weighted by Gasteiger charge is -2.13. The molecule has 0 spiro atoms. The van der Waals surface area contributed by atoms with E-state index in [4.69, 9.17) is 11.6 Å². The number of para-hydroxylation sites is 1. The van der Waals surface area contributed by atoms with Gasteiger partial charge < -0.3 is 5.11 Å². The van der Waals surface area contributed by atoms with Crippen LogP contribution in [0.15, 0.2) is 72.1 Å². The van der Waals surface area contributed by atoms with Gasteiger partial charge in [-0.05, 0) is 43.3 Å². The van der Waals surface area contributed by atoms with Gasteiger partial charge in [0, 0.05) is 17.1 Å². The number of nitriles is 1. The molecule has 0 saturated carbocycles. The molecule has 0 amide bonds. The first-order chi connectivity index (χ1) is 15.5. The lowest BCUT2D eigenvalue weighted by molar-refractivity contribution is 0.402. The molecule has 0 aliphatic rings. The minimum atomic E-state index is -0.442. The van der Waals surface area contributed by atoms with Crippen molar-refractivity contribution >= 4 is 50.5 Å². The molecule has 1 atom stereocenters. The lowest BCUT2D eigenvalue weighted by atomic mass is 10.2.